The highest BCUT2D eigenvalue weighted by Crippen LogP contribution is 2.25. The van der Waals surface area contributed by atoms with Crippen LogP contribution in [0.5, 0.6) is 0 Å². The number of fused-ring (bicyclic) bond motifs is 1. The van der Waals surface area contributed by atoms with Crippen LogP contribution < -0.4 is 5.32 Å². The van der Waals surface area contributed by atoms with Crippen molar-refractivity contribution in [3.05, 3.63) is 60.7 Å². The van der Waals surface area contributed by atoms with Crippen molar-refractivity contribution in [2.75, 3.05) is 26.7 Å². The van der Waals surface area contributed by atoms with Gasteiger partial charge in [0.25, 0.3) is 5.89 Å². The van der Waals surface area contributed by atoms with E-state index < -0.39 is 0 Å². The second kappa shape index (κ2) is 6.61. The fraction of sp³-hybridized carbons (Fsp3) is 0.250. The average Bonchev–Trinajstić information content (AvgIpc) is 3.36. The minimum Gasteiger partial charge on any atom is -0.334 e. The van der Waals surface area contributed by atoms with E-state index in [0.29, 0.717) is 5.89 Å². The highest BCUT2D eigenvalue weighted by atomic mass is 16.5. The zero-order valence-electron chi connectivity index (χ0n) is 15.0. The number of nitrogens with one attached hydrogen (secondary N) is 1. The van der Waals surface area contributed by atoms with Crippen molar-refractivity contribution >= 4 is 11.0 Å². The van der Waals surface area contributed by atoms with Crippen LogP contribution in [0.15, 0.2) is 59.4 Å². The number of rotatable bonds is 3. The van der Waals surface area contributed by atoms with Crippen LogP contribution in [-0.4, -0.2) is 51.3 Å². The van der Waals surface area contributed by atoms with E-state index in [2.05, 4.69) is 43.0 Å². The second-order valence-corrected chi connectivity index (χ2v) is 6.81. The predicted octanol–water partition coefficient (Wildman–Crippen LogP) is 2.65. The molecule has 0 spiro atoms. The molecule has 1 fully saturated rings. The summed E-state index contributed by atoms with van der Waals surface area (Å²) in [6, 6.07) is 16.3. The summed E-state index contributed by atoms with van der Waals surface area (Å²) in [5.74, 6) is 1.27. The van der Waals surface area contributed by atoms with Crippen molar-refractivity contribution in [1.82, 2.24) is 29.9 Å². The van der Waals surface area contributed by atoms with Crippen molar-refractivity contribution in [3.8, 4) is 17.1 Å². The maximum Gasteiger partial charge on any atom is 0.257 e. The molecule has 2 aromatic carbocycles. The lowest BCUT2D eigenvalue weighted by molar-refractivity contribution is 0.190. The Morgan fingerprint density at radius 3 is 2.81 bits per heavy atom. The molecular formula is C20H20N6O. The number of para-hydroxylation sites is 2. The van der Waals surface area contributed by atoms with E-state index in [9.17, 15) is 0 Å². The van der Waals surface area contributed by atoms with Crippen molar-refractivity contribution in [2.24, 2.45) is 0 Å². The number of hydrogen-bond acceptors (Lipinski definition) is 6. The second-order valence-electron chi connectivity index (χ2n) is 6.81. The Labute approximate surface area is 156 Å². The van der Waals surface area contributed by atoms with Crippen molar-refractivity contribution in [1.29, 1.82) is 0 Å². The molecule has 0 amide bonds. The highest BCUT2D eigenvalue weighted by Gasteiger charge is 2.25. The van der Waals surface area contributed by atoms with Crippen LogP contribution in [0.1, 0.15) is 11.9 Å². The molecule has 1 N–H and O–H groups in total. The van der Waals surface area contributed by atoms with Gasteiger partial charge in [-0.05, 0) is 43.4 Å². The normalized spacial score (nSPS) is 18.2. The summed E-state index contributed by atoms with van der Waals surface area (Å²) in [5, 5.41) is 7.58. The molecule has 0 radical (unpaired) electrons. The summed E-state index contributed by atoms with van der Waals surface area (Å²) in [6.07, 6.45) is 1.84. The standard InChI is InChI=1S/C20H20N6O/c1-25-11-10-21-12-18(25)19-23-20(27-24-19)14-6-8-15(9-7-14)26-13-22-16-4-2-3-5-17(16)26/h2-9,13,18,21H,10-12H2,1H3. The predicted molar refractivity (Wildman–Crippen MR) is 103 cm³/mol. The lowest BCUT2D eigenvalue weighted by Gasteiger charge is -2.30. The van der Waals surface area contributed by atoms with Crippen LogP contribution in [0, 0.1) is 0 Å². The number of likely N-dealkylation sites (N-methyl/N-ethyl adjacent to an activating group) is 1. The number of imidazole rings is 1. The van der Waals surface area contributed by atoms with Crippen LogP contribution in [-0.2, 0) is 0 Å². The summed E-state index contributed by atoms with van der Waals surface area (Å²) in [4.78, 5) is 11.3. The van der Waals surface area contributed by atoms with Gasteiger partial charge in [-0.1, -0.05) is 17.3 Å². The van der Waals surface area contributed by atoms with E-state index in [4.69, 9.17) is 4.52 Å². The van der Waals surface area contributed by atoms with Crippen molar-refractivity contribution in [2.45, 2.75) is 6.04 Å². The van der Waals surface area contributed by atoms with Gasteiger partial charge in [0.2, 0.25) is 0 Å². The lowest BCUT2D eigenvalue weighted by Crippen LogP contribution is -2.44. The summed E-state index contributed by atoms with van der Waals surface area (Å²) < 4.78 is 7.59. The van der Waals surface area contributed by atoms with E-state index in [1.54, 1.807) is 0 Å². The Balaban J connectivity index is 1.42. The monoisotopic (exact) mass is 360 g/mol. The zero-order chi connectivity index (χ0) is 18.2. The third-order valence-corrected chi connectivity index (χ3v) is 5.10. The molecule has 4 aromatic rings. The van der Waals surface area contributed by atoms with Gasteiger partial charge in [0, 0.05) is 30.9 Å². The van der Waals surface area contributed by atoms with E-state index in [0.717, 1.165) is 47.7 Å². The summed E-state index contributed by atoms with van der Waals surface area (Å²) in [5.41, 5.74) is 4.02. The van der Waals surface area contributed by atoms with E-state index in [-0.39, 0.29) is 6.04 Å². The average molecular weight is 360 g/mol. The topological polar surface area (TPSA) is 72.0 Å². The van der Waals surface area contributed by atoms with E-state index in [1.165, 1.54) is 0 Å². The molecule has 0 saturated carbocycles. The van der Waals surface area contributed by atoms with Gasteiger partial charge in [0.15, 0.2) is 5.82 Å². The van der Waals surface area contributed by atoms with Crippen LogP contribution in [0.25, 0.3) is 28.2 Å². The molecule has 136 valence electrons. The maximum absolute atomic E-state index is 5.52. The van der Waals surface area contributed by atoms with Crippen LogP contribution in [0.2, 0.25) is 0 Å². The van der Waals surface area contributed by atoms with Crippen LogP contribution in [0.4, 0.5) is 0 Å². The Hall–Kier alpha value is -3.03. The summed E-state index contributed by atoms with van der Waals surface area (Å²) >= 11 is 0. The number of piperazine rings is 1. The summed E-state index contributed by atoms with van der Waals surface area (Å²) in [6.45, 7) is 2.80. The first-order valence-corrected chi connectivity index (χ1v) is 9.07. The Morgan fingerprint density at radius 2 is 1.96 bits per heavy atom. The molecule has 1 aliphatic rings. The Bertz CT molecular complexity index is 1070. The number of nitrogens with zero attached hydrogens (tertiary/aromatic N) is 5. The molecule has 7 heteroatoms. The molecule has 27 heavy (non-hydrogen) atoms. The maximum atomic E-state index is 5.52. The van der Waals surface area contributed by atoms with E-state index >= 15 is 0 Å². The largest absolute Gasteiger partial charge is 0.334 e. The number of benzene rings is 2. The third-order valence-electron chi connectivity index (χ3n) is 5.10. The molecule has 0 aliphatic carbocycles. The lowest BCUT2D eigenvalue weighted by atomic mass is 10.2. The fourth-order valence-corrected chi connectivity index (χ4v) is 3.51. The molecule has 5 rings (SSSR count). The van der Waals surface area contributed by atoms with Gasteiger partial charge in [-0.25, -0.2) is 4.98 Å². The molecule has 1 unspecified atom stereocenters. The fourth-order valence-electron chi connectivity index (χ4n) is 3.51. The van der Waals surface area contributed by atoms with Crippen molar-refractivity contribution in [3.63, 3.8) is 0 Å². The molecule has 0 bridgehead atoms. The third kappa shape index (κ3) is 2.90. The minimum atomic E-state index is 0.146. The Morgan fingerprint density at radius 1 is 1.11 bits per heavy atom. The Kier molecular flexibility index (Phi) is 3.95. The first-order valence-electron chi connectivity index (χ1n) is 9.07. The molecule has 3 heterocycles. The van der Waals surface area contributed by atoms with Gasteiger partial charge >= 0.3 is 0 Å². The zero-order valence-corrected chi connectivity index (χ0v) is 15.0. The molecule has 1 saturated heterocycles. The minimum absolute atomic E-state index is 0.146. The first-order chi connectivity index (χ1) is 13.3. The number of aromatic nitrogens is 4. The van der Waals surface area contributed by atoms with Crippen LogP contribution >= 0.6 is 0 Å². The highest BCUT2D eigenvalue weighted by molar-refractivity contribution is 5.77. The quantitative estimate of drug-likeness (QED) is 0.606. The van der Waals surface area contributed by atoms with Crippen LogP contribution in [0.3, 0.4) is 0 Å². The summed E-state index contributed by atoms with van der Waals surface area (Å²) in [7, 11) is 2.09. The van der Waals surface area contributed by atoms with Gasteiger partial charge < -0.3 is 9.84 Å². The van der Waals surface area contributed by atoms with Gasteiger partial charge in [0.05, 0.1) is 17.1 Å². The molecule has 7 nitrogen and oxygen atoms in total. The van der Waals surface area contributed by atoms with Gasteiger partial charge in [-0.3, -0.25) is 9.47 Å². The molecular weight excluding hydrogens is 340 g/mol. The molecule has 1 atom stereocenters. The van der Waals surface area contributed by atoms with E-state index in [1.807, 2.05) is 48.8 Å². The van der Waals surface area contributed by atoms with Gasteiger partial charge in [-0.2, -0.15) is 4.98 Å². The van der Waals surface area contributed by atoms with Gasteiger partial charge in [-0.15, -0.1) is 0 Å². The number of hydrogen-bond donors (Lipinski definition) is 1. The van der Waals surface area contributed by atoms with Gasteiger partial charge in [0.1, 0.15) is 6.33 Å². The smallest absolute Gasteiger partial charge is 0.257 e. The molecule has 1 aliphatic heterocycles. The van der Waals surface area contributed by atoms with Crippen molar-refractivity contribution < 1.29 is 4.52 Å². The first kappa shape index (κ1) is 16.2. The molecule has 2 aromatic heterocycles. The SMILES string of the molecule is CN1CCNCC1c1noc(-c2ccc(-n3cnc4ccccc43)cc2)n1.